The van der Waals surface area contributed by atoms with Gasteiger partial charge in [-0.05, 0) is 53.7 Å². The summed E-state index contributed by atoms with van der Waals surface area (Å²) >= 11 is 3.47. The highest BCUT2D eigenvalue weighted by atomic mass is 79.9. The summed E-state index contributed by atoms with van der Waals surface area (Å²) < 4.78 is 6.10. The van der Waals surface area contributed by atoms with Gasteiger partial charge in [0.05, 0.1) is 11.6 Å². The Morgan fingerprint density at radius 2 is 2.05 bits per heavy atom. The molecule has 0 spiro atoms. The van der Waals surface area contributed by atoms with Gasteiger partial charge in [0.1, 0.15) is 5.75 Å². The van der Waals surface area contributed by atoms with Gasteiger partial charge in [-0.2, -0.15) is 0 Å². The lowest BCUT2D eigenvalue weighted by Gasteiger charge is -2.08. The van der Waals surface area contributed by atoms with Crippen molar-refractivity contribution in [1.82, 2.24) is 9.97 Å². The molecule has 19 heavy (non-hydrogen) atoms. The third kappa shape index (κ3) is 3.30. The van der Waals surface area contributed by atoms with E-state index in [2.05, 4.69) is 25.9 Å². The first-order valence-corrected chi connectivity index (χ1v) is 6.82. The minimum absolute atomic E-state index is 0.586. The van der Waals surface area contributed by atoms with Crippen molar-refractivity contribution in [2.45, 2.75) is 13.3 Å². The van der Waals surface area contributed by atoms with Crippen molar-refractivity contribution in [3.05, 3.63) is 40.1 Å². The van der Waals surface area contributed by atoms with Crippen molar-refractivity contribution in [2.75, 3.05) is 13.7 Å². The number of aromatic nitrogens is 2. The van der Waals surface area contributed by atoms with Crippen LogP contribution in [-0.2, 0) is 6.42 Å². The van der Waals surface area contributed by atoms with Crippen LogP contribution in [0, 0.1) is 6.92 Å². The highest BCUT2D eigenvalue weighted by Gasteiger charge is 2.08. The molecule has 2 aromatic rings. The van der Waals surface area contributed by atoms with E-state index in [0.29, 0.717) is 12.4 Å². The van der Waals surface area contributed by atoms with Crippen LogP contribution in [0.3, 0.4) is 0 Å². The second kappa shape index (κ2) is 6.12. The SMILES string of the molecule is COc1ccc(-c2nc(C)cc(CCN)n2)cc1Br. The molecule has 0 aliphatic heterocycles. The Morgan fingerprint density at radius 1 is 1.26 bits per heavy atom. The topological polar surface area (TPSA) is 61.0 Å². The second-order valence-corrected chi connectivity index (χ2v) is 5.07. The van der Waals surface area contributed by atoms with Gasteiger partial charge in [0.2, 0.25) is 0 Å². The maximum absolute atomic E-state index is 5.58. The summed E-state index contributed by atoms with van der Waals surface area (Å²) in [6.45, 7) is 2.55. The van der Waals surface area contributed by atoms with Gasteiger partial charge >= 0.3 is 0 Å². The fourth-order valence-electron chi connectivity index (χ4n) is 1.84. The third-order valence-corrected chi connectivity index (χ3v) is 3.34. The minimum Gasteiger partial charge on any atom is -0.496 e. The van der Waals surface area contributed by atoms with Crippen molar-refractivity contribution in [2.24, 2.45) is 5.73 Å². The molecule has 100 valence electrons. The summed E-state index contributed by atoms with van der Waals surface area (Å²) in [6, 6.07) is 7.77. The molecule has 0 amide bonds. The number of aryl methyl sites for hydroxylation is 1. The third-order valence-electron chi connectivity index (χ3n) is 2.72. The number of hydrogen-bond acceptors (Lipinski definition) is 4. The van der Waals surface area contributed by atoms with Crippen LogP contribution in [0.1, 0.15) is 11.4 Å². The molecule has 5 heteroatoms. The maximum Gasteiger partial charge on any atom is 0.159 e. The molecule has 1 aromatic heterocycles. The Morgan fingerprint density at radius 3 is 2.68 bits per heavy atom. The molecule has 2 N–H and O–H groups in total. The van der Waals surface area contributed by atoms with Gasteiger partial charge in [0.25, 0.3) is 0 Å². The summed E-state index contributed by atoms with van der Waals surface area (Å²) in [5.41, 5.74) is 8.44. The Hall–Kier alpha value is -1.46. The van der Waals surface area contributed by atoms with E-state index in [1.165, 1.54) is 0 Å². The summed E-state index contributed by atoms with van der Waals surface area (Å²) in [7, 11) is 1.64. The molecule has 0 aliphatic carbocycles. The smallest absolute Gasteiger partial charge is 0.159 e. The largest absolute Gasteiger partial charge is 0.496 e. The van der Waals surface area contributed by atoms with E-state index >= 15 is 0 Å². The van der Waals surface area contributed by atoms with Crippen molar-refractivity contribution in [3.8, 4) is 17.1 Å². The van der Waals surface area contributed by atoms with Crippen LogP contribution in [0.15, 0.2) is 28.7 Å². The van der Waals surface area contributed by atoms with Crippen molar-refractivity contribution < 1.29 is 4.74 Å². The number of benzene rings is 1. The number of nitrogens with two attached hydrogens (primary N) is 1. The van der Waals surface area contributed by atoms with Crippen LogP contribution in [0.25, 0.3) is 11.4 Å². The predicted molar refractivity (Wildman–Crippen MR) is 79.2 cm³/mol. The standard InChI is InChI=1S/C14H16BrN3O/c1-9-7-11(5-6-16)18-14(17-9)10-3-4-13(19-2)12(15)8-10/h3-4,7-8H,5-6,16H2,1-2H3. The molecule has 0 radical (unpaired) electrons. The molecule has 2 rings (SSSR count). The lowest BCUT2D eigenvalue weighted by Crippen LogP contribution is -2.06. The molecule has 1 aromatic carbocycles. The fourth-order valence-corrected chi connectivity index (χ4v) is 2.38. The zero-order chi connectivity index (χ0) is 13.8. The molecular formula is C14H16BrN3O. The normalized spacial score (nSPS) is 10.5. The first-order valence-electron chi connectivity index (χ1n) is 6.02. The van der Waals surface area contributed by atoms with E-state index in [0.717, 1.165) is 33.6 Å². The molecule has 0 saturated heterocycles. The van der Waals surface area contributed by atoms with Crippen LogP contribution in [0.4, 0.5) is 0 Å². The van der Waals surface area contributed by atoms with Crippen LogP contribution < -0.4 is 10.5 Å². The van der Waals surface area contributed by atoms with Gasteiger partial charge in [0, 0.05) is 23.4 Å². The van der Waals surface area contributed by atoms with E-state index in [1.54, 1.807) is 7.11 Å². The minimum atomic E-state index is 0.586. The molecule has 1 heterocycles. The van der Waals surface area contributed by atoms with Gasteiger partial charge in [-0.25, -0.2) is 9.97 Å². The molecule has 0 saturated carbocycles. The number of halogens is 1. The van der Waals surface area contributed by atoms with Crippen LogP contribution >= 0.6 is 15.9 Å². The van der Waals surface area contributed by atoms with Gasteiger partial charge in [0.15, 0.2) is 5.82 Å². The van der Waals surface area contributed by atoms with Crippen LogP contribution in [0.5, 0.6) is 5.75 Å². The van der Waals surface area contributed by atoms with E-state index in [-0.39, 0.29) is 0 Å². The molecular weight excluding hydrogens is 306 g/mol. The highest BCUT2D eigenvalue weighted by molar-refractivity contribution is 9.10. The first kappa shape index (κ1) is 14.0. The Kier molecular flexibility index (Phi) is 4.50. The van der Waals surface area contributed by atoms with Crippen molar-refractivity contribution in [1.29, 1.82) is 0 Å². The van der Waals surface area contributed by atoms with Gasteiger partial charge in [-0.15, -0.1) is 0 Å². The fraction of sp³-hybridized carbons (Fsp3) is 0.286. The number of rotatable bonds is 4. The summed E-state index contributed by atoms with van der Waals surface area (Å²) in [4.78, 5) is 9.01. The Balaban J connectivity index is 2.43. The van der Waals surface area contributed by atoms with Crippen LogP contribution in [-0.4, -0.2) is 23.6 Å². The van der Waals surface area contributed by atoms with Crippen molar-refractivity contribution in [3.63, 3.8) is 0 Å². The molecule has 0 atom stereocenters. The monoisotopic (exact) mass is 321 g/mol. The first-order chi connectivity index (χ1) is 9.13. The zero-order valence-corrected chi connectivity index (χ0v) is 12.6. The number of methoxy groups -OCH3 is 1. The maximum atomic E-state index is 5.58. The van der Waals surface area contributed by atoms with Gasteiger partial charge < -0.3 is 10.5 Å². The highest BCUT2D eigenvalue weighted by Crippen LogP contribution is 2.29. The predicted octanol–water partition coefficient (Wildman–Crippen LogP) is 2.72. The second-order valence-electron chi connectivity index (χ2n) is 4.21. The van der Waals surface area contributed by atoms with E-state index in [4.69, 9.17) is 10.5 Å². The van der Waals surface area contributed by atoms with Crippen LogP contribution in [0.2, 0.25) is 0 Å². The Bertz CT molecular complexity index is 587. The van der Waals surface area contributed by atoms with Crippen molar-refractivity contribution >= 4 is 15.9 Å². The van der Waals surface area contributed by atoms with E-state index in [9.17, 15) is 0 Å². The quantitative estimate of drug-likeness (QED) is 0.940. The average molecular weight is 322 g/mol. The van der Waals surface area contributed by atoms with E-state index < -0.39 is 0 Å². The number of hydrogen-bond donors (Lipinski definition) is 1. The molecule has 0 bridgehead atoms. The zero-order valence-electron chi connectivity index (χ0n) is 11.0. The molecule has 0 unspecified atom stereocenters. The van der Waals surface area contributed by atoms with Gasteiger partial charge in [-0.3, -0.25) is 0 Å². The number of nitrogens with zero attached hydrogens (tertiary/aromatic N) is 2. The summed E-state index contributed by atoms with van der Waals surface area (Å²) in [5.74, 6) is 1.50. The number of ether oxygens (including phenoxy) is 1. The summed E-state index contributed by atoms with van der Waals surface area (Å²) in [5, 5.41) is 0. The average Bonchev–Trinajstić information content (AvgIpc) is 2.38. The summed E-state index contributed by atoms with van der Waals surface area (Å²) in [6.07, 6.45) is 0.758. The molecule has 4 nitrogen and oxygen atoms in total. The van der Waals surface area contributed by atoms with Gasteiger partial charge in [-0.1, -0.05) is 0 Å². The molecule has 0 aliphatic rings. The lowest BCUT2D eigenvalue weighted by atomic mass is 10.2. The van der Waals surface area contributed by atoms with E-state index in [1.807, 2.05) is 31.2 Å². The Labute approximate surface area is 121 Å². The molecule has 0 fully saturated rings. The lowest BCUT2D eigenvalue weighted by molar-refractivity contribution is 0.412.